The van der Waals surface area contributed by atoms with Gasteiger partial charge in [0.1, 0.15) is 6.10 Å². The van der Waals surface area contributed by atoms with Crippen LogP contribution < -0.4 is 10.6 Å². The highest BCUT2D eigenvalue weighted by Crippen LogP contribution is 2.20. The summed E-state index contributed by atoms with van der Waals surface area (Å²) in [5.74, 6) is 0. The molecule has 0 bridgehead atoms. The Hall–Kier alpha value is -2.42. The van der Waals surface area contributed by atoms with Crippen molar-refractivity contribution in [1.82, 2.24) is 0 Å². The first-order valence-electron chi connectivity index (χ1n) is 19.5. The molecule has 260 valence electrons. The lowest BCUT2D eigenvalue weighted by Crippen LogP contribution is -2.43. The highest BCUT2D eigenvalue weighted by atomic mass is 16.5. The second kappa shape index (κ2) is 26.6. The molecule has 2 N–H and O–H groups in total. The molecule has 3 nitrogen and oxygen atoms in total. The second-order valence-corrected chi connectivity index (χ2v) is 13.9. The number of rotatable bonds is 30. The van der Waals surface area contributed by atoms with Crippen molar-refractivity contribution in [2.45, 2.75) is 187 Å². The first kappa shape index (κ1) is 39.8. The summed E-state index contributed by atoms with van der Waals surface area (Å²) in [6.07, 6.45) is 31.6. The van der Waals surface area contributed by atoms with Gasteiger partial charge in [-0.2, -0.15) is 0 Å². The topological polar surface area (TPSA) is 33.3 Å². The van der Waals surface area contributed by atoms with E-state index < -0.39 is 0 Å². The summed E-state index contributed by atoms with van der Waals surface area (Å²) in [4.78, 5) is 0. The van der Waals surface area contributed by atoms with Crippen LogP contribution in [0.3, 0.4) is 0 Å². The van der Waals surface area contributed by atoms with Crippen LogP contribution in [0.4, 0.5) is 11.4 Å². The zero-order valence-corrected chi connectivity index (χ0v) is 30.6. The number of benzene rings is 2. The van der Waals surface area contributed by atoms with E-state index in [2.05, 4.69) is 93.4 Å². The second-order valence-electron chi connectivity index (χ2n) is 13.9. The van der Waals surface area contributed by atoms with Gasteiger partial charge in [-0.25, -0.2) is 0 Å². The van der Waals surface area contributed by atoms with E-state index in [0.717, 1.165) is 11.4 Å². The van der Waals surface area contributed by atoms with E-state index in [-0.39, 0.29) is 18.2 Å². The lowest BCUT2D eigenvalue weighted by atomic mass is 10.0. The molecule has 0 fully saturated rings. The lowest BCUT2D eigenvalue weighted by molar-refractivity contribution is 0.117. The molecule has 2 aromatic carbocycles. The van der Waals surface area contributed by atoms with Gasteiger partial charge in [0.2, 0.25) is 0 Å². The number of anilines is 2. The summed E-state index contributed by atoms with van der Waals surface area (Å²) in [5, 5.41) is 7.36. The molecule has 2 atom stereocenters. The fraction of sp³-hybridized carbons (Fsp3) is 0.674. The van der Waals surface area contributed by atoms with Crippen LogP contribution in [0, 0.1) is 0 Å². The molecule has 0 aromatic heterocycles. The van der Waals surface area contributed by atoms with Gasteiger partial charge in [0.25, 0.3) is 0 Å². The van der Waals surface area contributed by atoms with Crippen molar-refractivity contribution in [2.24, 2.45) is 0 Å². The average molecular weight is 633 g/mol. The molecule has 0 aliphatic heterocycles. The maximum Gasteiger partial charge on any atom is 0.137 e. The Morgan fingerprint density at radius 3 is 1.11 bits per heavy atom. The highest BCUT2D eigenvalue weighted by molar-refractivity contribution is 5.47. The van der Waals surface area contributed by atoms with Gasteiger partial charge < -0.3 is 15.4 Å². The SMILES string of the molecule is C=COC(C(C)Nc1ccc(CCCCCCCCCCCC)cc1)C(C)Nc1ccc(CCCCCCCCCCCC)cc1. The molecule has 46 heavy (non-hydrogen) atoms. The van der Waals surface area contributed by atoms with Crippen LogP contribution in [-0.4, -0.2) is 18.2 Å². The van der Waals surface area contributed by atoms with E-state index in [1.165, 1.54) is 152 Å². The fourth-order valence-corrected chi connectivity index (χ4v) is 6.64. The van der Waals surface area contributed by atoms with Gasteiger partial charge in [0.05, 0.1) is 18.3 Å². The summed E-state index contributed by atoms with van der Waals surface area (Å²) in [6, 6.07) is 18.2. The quantitative estimate of drug-likeness (QED) is 0.0664. The molecular weight excluding hydrogens is 560 g/mol. The maximum absolute atomic E-state index is 6.03. The fourth-order valence-electron chi connectivity index (χ4n) is 6.64. The third-order valence-electron chi connectivity index (χ3n) is 9.57. The summed E-state index contributed by atoms with van der Waals surface area (Å²) >= 11 is 0. The van der Waals surface area contributed by atoms with E-state index in [4.69, 9.17) is 4.74 Å². The number of ether oxygens (including phenoxy) is 1. The third kappa shape index (κ3) is 18.7. The normalized spacial score (nSPS) is 13.2. The first-order valence-corrected chi connectivity index (χ1v) is 19.5. The minimum Gasteiger partial charge on any atom is -0.494 e. The van der Waals surface area contributed by atoms with Gasteiger partial charge in [0, 0.05) is 11.4 Å². The predicted molar refractivity (Wildman–Crippen MR) is 205 cm³/mol. The summed E-state index contributed by atoms with van der Waals surface area (Å²) in [6.45, 7) is 12.8. The van der Waals surface area contributed by atoms with Gasteiger partial charge in [-0.1, -0.05) is 160 Å². The van der Waals surface area contributed by atoms with Crippen molar-refractivity contribution in [3.8, 4) is 0 Å². The molecule has 0 radical (unpaired) electrons. The Balaban J connectivity index is 1.66. The number of hydrogen-bond donors (Lipinski definition) is 2. The van der Waals surface area contributed by atoms with E-state index in [9.17, 15) is 0 Å². The van der Waals surface area contributed by atoms with Crippen LogP contribution in [0.15, 0.2) is 61.4 Å². The van der Waals surface area contributed by atoms with Crippen LogP contribution >= 0.6 is 0 Å². The maximum atomic E-state index is 6.03. The molecule has 0 aliphatic carbocycles. The van der Waals surface area contributed by atoms with Crippen molar-refractivity contribution < 1.29 is 4.74 Å². The van der Waals surface area contributed by atoms with Crippen molar-refractivity contribution >= 4 is 11.4 Å². The van der Waals surface area contributed by atoms with E-state index in [1.807, 2.05) is 0 Å². The van der Waals surface area contributed by atoms with Crippen LogP contribution in [0.25, 0.3) is 0 Å². The monoisotopic (exact) mass is 633 g/mol. The van der Waals surface area contributed by atoms with Crippen LogP contribution in [-0.2, 0) is 17.6 Å². The van der Waals surface area contributed by atoms with Gasteiger partial charge >= 0.3 is 0 Å². The number of nitrogens with one attached hydrogen (secondary N) is 2. The number of aryl methyl sites for hydroxylation is 2. The molecule has 3 heteroatoms. The van der Waals surface area contributed by atoms with Gasteiger partial charge in [-0.3, -0.25) is 0 Å². The Morgan fingerprint density at radius 1 is 0.500 bits per heavy atom. The molecule has 0 aliphatic rings. The van der Waals surface area contributed by atoms with Crippen LogP contribution in [0.1, 0.15) is 167 Å². The highest BCUT2D eigenvalue weighted by Gasteiger charge is 2.25. The van der Waals surface area contributed by atoms with Gasteiger partial charge in [0.15, 0.2) is 0 Å². The minimum absolute atomic E-state index is 0.0601. The van der Waals surface area contributed by atoms with Gasteiger partial charge in [-0.15, -0.1) is 0 Å². The predicted octanol–water partition coefficient (Wildman–Crippen LogP) is 13.4. The largest absolute Gasteiger partial charge is 0.494 e. The standard InChI is InChI=1S/C43H72N2O/c1-6-9-11-13-15-17-19-21-23-25-27-39-29-33-41(34-30-39)44-37(4)43(46-8-3)38(5)45-42-35-31-40(32-36-42)28-26-24-22-20-18-16-14-12-10-7-2/h8,29-38,43-45H,3,6-7,9-28H2,1-2,4-5H3. The molecule has 2 unspecified atom stereocenters. The Morgan fingerprint density at radius 2 is 0.804 bits per heavy atom. The molecule has 0 heterocycles. The average Bonchev–Trinajstić information content (AvgIpc) is 3.06. The molecule has 0 saturated heterocycles. The zero-order chi connectivity index (χ0) is 33.1. The van der Waals surface area contributed by atoms with Crippen molar-refractivity contribution in [2.75, 3.05) is 10.6 Å². The van der Waals surface area contributed by atoms with E-state index in [1.54, 1.807) is 6.26 Å². The third-order valence-corrected chi connectivity index (χ3v) is 9.57. The lowest BCUT2D eigenvalue weighted by Gasteiger charge is -2.31. The Labute approximate surface area is 285 Å². The van der Waals surface area contributed by atoms with Crippen molar-refractivity contribution in [3.05, 3.63) is 72.5 Å². The Bertz CT molecular complexity index is 894. The summed E-state index contributed by atoms with van der Waals surface area (Å²) in [5.41, 5.74) is 5.15. The molecular formula is C43H72N2O. The molecule has 2 aromatic rings. The van der Waals surface area contributed by atoms with E-state index in [0.29, 0.717) is 0 Å². The smallest absolute Gasteiger partial charge is 0.137 e. The molecule has 0 saturated carbocycles. The minimum atomic E-state index is -0.0601. The van der Waals surface area contributed by atoms with Crippen LogP contribution in [0.5, 0.6) is 0 Å². The van der Waals surface area contributed by atoms with Crippen LogP contribution in [0.2, 0.25) is 0 Å². The first-order chi connectivity index (χ1) is 22.6. The molecule has 0 amide bonds. The van der Waals surface area contributed by atoms with Crippen molar-refractivity contribution in [3.63, 3.8) is 0 Å². The Kier molecular flexibility index (Phi) is 23.0. The van der Waals surface area contributed by atoms with Crippen molar-refractivity contribution in [1.29, 1.82) is 0 Å². The summed E-state index contributed by atoms with van der Waals surface area (Å²) in [7, 11) is 0. The number of unbranched alkanes of at least 4 members (excludes halogenated alkanes) is 18. The summed E-state index contributed by atoms with van der Waals surface area (Å²) < 4.78 is 6.03. The molecule has 0 spiro atoms. The van der Waals surface area contributed by atoms with Gasteiger partial charge in [-0.05, 0) is 74.9 Å². The van der Waals surface area contributed by atoms with E-state index >= 15 is 0 Å². The number of hydrogen-bond acceptors (Lipinski definition) is 3. The zero-order valence-electron chi connectivity index (χ0n) is 30.6. The molecule has 2 rings (SSSR count).